The van der Waals surface area contributed by atoms with Crippen LogP contribution in [-0.4, -0.2) is 44.8 Å². The molecular formula is C24H27N5O3S. The van der Waals surface area contributed by atoms with Gasteiger partial charge in [0.1, 0.15) is 6.10 Å². The van der Waals surface area contributed by atoms with E-state index < -0.39 is 0 Å². The third-order valence-corrected chi connectivity index (χ3v) is 7.30. The Balaban J connectivity index is 1.17. The van der Waals surface area contributed by atoms with E-state index in [9.17, 15) is 9.59 Å². The van der Waals surface area contributed by atoms with Crippen molar-refractivity contribution in [1.82, 2.24) is 25.2 Å². The van der Waals surface area contributed by atoms with Gasteiger partial charge < -0.3 is 15.0 Å². The van der Waals surface area contributed by atoms with Crippen LogP contribution in [0.1, 0.15) is 51.1 Å². The zero-order valence-corrected chi connectivity index (χ0v) is 19.4. The summed E-state index contributed by atoms with van der Waals surface area (Å²) in [4.78, 5) is 28.6. The number of carbonyl (C=O) groups is 2. The molecule has 1 fully saturated rings. The number of nitrogens with one attached hydrogen (secondary N) is 1. The fourth-order valence-corrected chi connectivity index (χ4v) is 5.03. The Labute approximate surface area is 196 Å². The molecule has 9 heteroatoms. The molecule has 4 heterocycles. The van der Waals surface area contributed by atoms with E-state index in [2.05, 4.69) is 46.8 Å². The maximum atomic E-state index is 13.1. The lowest BCUT2D eigenvalue weighted by molar-refractivity contribution is -0.126. The van der Waals surface area contributed by atoms with Crippen molar-refractivity contribution < 1.29 is 14.3 Å². The topological polar surface area (TPSA) is 89.4 Å². The number of rotatable bonds is 5. The molecule has 0 unspecified atom stereocenters. The van der Waals surface area contributed by atoms with Gasteiger partial charge >= 0.3 is 0 Å². The summed E-state index contributed by atoms with van der Waals surface area (Å²) in [6.45, 7) is 4.52. The van der Waals surface area contributed by atoms with Gasteiger partial charge in [-0.2, -0.15) is 0 Å². The number of thiophene rings is 1. The van der Waals surface area contributed by atoms with Gasteiger partial charge in [0.25, 0.3) is 5.91 Å². The van der Waals surface area contributed by atoms with Crippen LogP contribution < -0.4 is 5.32 Å². The number of hydrogen-bond donors (Lipinski definition) is 1. The molecule has 0 aliphatic carbocycles. The number of amides is 2. The maximum absolute atomic E-state index is 13.1. The first-order chi connectivity index (χ1) is 16.1. The highest BCUT2D eigenvalue weighted by Crippen LogP contribution is 2.28. The van der Waals surface area contributed by atoms with Crippen LogP contribution in [0, 0.1) is 12.8 Å². The van der Waals surface area contributed by atoms with E-state index in [0.717, 1.165) is 16.1 Å². The molecular weight excluding hydrogens is 438 g/mol. The predicted molar refractivity (Wildman–Crippen MR) is 124 cm³/mol. The highest BCUT2D eigenvalue weighted by molar-refractivity contribution is 7.09. The monoisotopic (exact) mass is 465 g/mol. The minimum Gasteiger partial charge on any atom is -0.365 e. The van der Waals surface area contributed by atoms with Crippen LogP contribution in [0.4, 0.5) is 0 Å². The number of benzene rings is 1. The Bertz CT molecular complexity index is 1120. The normalized spacial score (nSPS) is 18.7. The highest BCUT2D eigenvalue weighted by atomic mass is 32.1. The Morgan fingerprint density at radius 2 is 1.97 bits per heavy atom. The number of piperidine rings is 1. The van der Waals surface area contributed by atoms with E-state index in [4.69, 9.17) is 4.74 Å². The standard InChI is InChI=1S/C24H27N5O3S/c1-16-4-6-17(7-5-16)21-14-29-20(15-32-21)22(26-27-29)24(31)28-10-8-18(9-11-28)23(30)25-13-19-3-2-12-33-19/h2-7,12,18,21H,8-11,13-15H2,1H3,(H,25,30)/t21-/m1/s1. The van der Waals surface area contributed by atoms with Crippen molar-refractivity contribution in [1.29, 1.82) is 0 Å². The second-order valence-electron chi connectivity index (χ2n) is 8.64. The molecule has 33 heavy (non-hydrogen) atoms. The number of nitrogens with zero attached hydrogens (tertiary/aromatic N) is 4. The summed E-state index contributed by atoms with van der Waals surface area (Å²) in [5, 5.41) is 13.4. The molecule has 2 aromatic heterocycles. The van der Waals surface area contributed by atoms with Crippen LogP contribution in [0.3, 0.4) is 0 Å². The Morgan fingerprint density at radius 3 is 2.70 bits per heavy atom. The molecule has 0 bridgehead atoms. The summed E-state index contributed by atoms with van der Waals surface area (Å²) >= 11 is 1.63. The molecule has 0 saturated carbocycles. The fourth-order valence-electron chi connectivity index (χ4n) is 4.39. The van der Waals surface area contributed by atoms with Crippen molar-refractivity contribution in [3.63, 3.8) is 0 Å². The average molecular weight is 466 g/mol. The zero-order valence-electron chi connectivity index (χ0n) is 18.6. The van der Waals surface area contributed by atoms with Crippen LogP contribution in [0.2, 0.25) is 0 Å². The minimum atomic E-state index is -0.133. The van der Waals surface area contributed by atoms with Crippen LogP contribution in [-0.2, 0) is 29.2 Å². The lowest BCUT2D eigenvalue weighted by atomic mass is 9.95. The first-order valence-electron chi connectivity index (χ1n) is 11.3. The lowest BCUT2D eigenvalue weighted by Crippen LogP contribution is -2.43. The SMILES string of the molecule is Cc1ccc([C@H]2Cn3nnc(C(=O)N4CCC(C(=O)NCc5cccs5)CC4)c3CO2)cc1. The van der Waals surface area contributed by atoms with E-state index >= 15 is 0 Å². The number of hydrogen-bond acceptors (Lipinski definition) is 6. The summed E-state index contributed by atoms with van der Waals surface area (Å²) in [7, 11) is 0. The molecule has 2 aliphatic heterocycles. The third kappa shape index (κ3) is 4.69. The van der Waals surface area contributed by atoms with Gasteiger partial charge in [-0.25, -0.2) is 4.68 Å². The molecule has 0 radical (unpaired) electrons. The van der Waals surface area contributed by atoms with Gasteiger partial charge in [0, 0.05) is 23.9 Å². The molecule has 2 aliphatic rings. The van der Waals surface area contributed by atoms with E-state index in [0.29, 0.717) is 51.3 Å². The van der Waals surface area contributed by atoms with Gasteiger partial charge in [-0.05, 0) is 36.8 Å². The van der Waals surface area contributed by atoms with Crippen LogP contribution in [0.15, 0.2) is 41.8 Å². The summed E-state index contributed by atoms with van der Waals surface area (Å²) in [6, 6.07) is 12.3. The third-order valence-electron chi connectivity index (χ3n) is 6.42. The first-order valence-corrected chi connectivity index (χ1v) is 12.2. The van der Waals surface area contributed by atoms with Crippen LogP contribution in [0.25, 0.3) is 0 Å². The maximum Gasteiger partial charge on any atom is 0.276 e. The summed E-state index contributed by atoms with van der Waals surface area (Å²) < 4.78 is 7.83. The number of likely N-dealkylation sites (tertiary alicyclic amines) is 1. The van der Waals surface area contributed by atoms with E-state index in [1.807, 2.05) is 17.5 Å². The van der Waals surface area contributed by atoms with E-state index in [1.54, 1.807) is 20.9 Å². The second kappa shape index (κ2) is 9.44. The lowest BCUT2D eigenvalue weighted by Gasteiger charge is -2.31. The fraction of sp³-hybridized carbons (Fsp3) is 0.417. The highest BCUT2D eigenvalue weighted by Gasteiger charge is 2.33. The minimum absolute atomic E-state index is 0.0621. The molecule has 172 valence electrons. The smallest absolute Gasteiger partial charge is 0.276 e. The number of aryl methyl sites for hydroxylation is 1. The van der Waals surface area contributed by atoms with Gasteiger partial charge in [-0.3, -0.25) is 9.59 Å². The molecule has 3 aromatic rings. The number of fused-ring (bicyclic) bond motifs is 1. The number of ether oxygens (including phenoxy) is 1. The molecule has 1 N–H and O–H groups in total. The van der Waals surface area contributed by atoms with Gasteiger partial charge in [-0.15, -0.1) is 16.4 Å². The summed E-state index contributed by atoms with van der Waals surface area (Å²) in [5.41, 5.74) is 3.37. The van der Waals surface area contributed by atoms with Crippen molar-refractivity contribution in [3.05, 3.63) is 69.2 Å². The van der Waals surface area contributed by atoms with Crippen molar-refractivity contribution in [2.45, 2.75) is 45.6 Å². The van der Waals surface area contributed by atoms with Crippen molar-refractivity contribution in [2.75, 3.05) is 13.1 Å². The van der Waals surface area contributed by atoms with Crippen LogP contribution in [0.5, 0.6) is 0 Å². The quantitative estimate of drug-likeness (QED) is 0.626. The Morgan fingerprint density at radius 1 is 1.18 bits per heavy atom. The molecule has 2 amide bonds. The number of carbonyl (C=O) groups excluding carboxylic acids is 2. The summed E-state index contributed by atoms with van der Waals surface area (Å²) in [5.74, 6) is -0.139. The second-order valence-corrected chi connectivity index (χ2v) is 9.67. The zero-order chi connectivity index (χ0) is 22.8. The molecule has 1 atom stereocenters. The van der Waals surface area contributed by atoms with E-state index in [-0.39, 0.29) is 23.8 Å². The first kappa shape index (κ1) is 21.8. The van der Waals surface area contributed by atoms with Crippen molar-refractivity contribution >= 4 is 23.2 Å². The summed E-state index contributed by atoms with van der Waals surface area (Å²) in [6.07, 6.45) is 1.20. The van der Waals surface area contributed by atoms with Gasteiger partial charge in [0.2, 0.25) is 5.91 Å². The molecule has 5 rings (SSSR count). The Kier molecular flexibility index (Phi) is 6.24. The van der Waals surface area contributed by atoms with Crippen molar-refractivity contribution in [3.8, 4) is 0 Å². The Hall–Kier alpha value is -3.04. The molecule has 8 nitrogen and oxygen atoms in total. The van der Waals surface area contributed by atoms with Crippen LogP contribution >= 0.6 is 11.3 Å². The van der Waals surface area contributed by atoms with Gasteiger partial charge in [0.15, 0.2) is 5.69 Å². The van der Waals surface area contributed by atoms with Crippen molar-refractivity contribution in [2.24, 2.45) is 5.92 Å². The van der Waals surface area contributed by atoms with Gasteiger partial charge in [-0.1, -0.05) is 41.1 Å². The molecule has 0 spiro atoms. The van der Waals surface area contributed by atoms with Gasteiger partial charge in [0.05, 0.1) is 25.4 Å². The van der Waals surface area contributed by atoms with E-state index in [1.165, 1.54) is 5.56 Å². The largest absolute Gasteiger partial charge is 0.365 e. The average Bonchev–Trinajstić information content (AvgIpc) is 3.52. The molecule has 1 aromatic carbocycles. The number of aromatic nitrogens is 3. The predicted octanol–water partition coefficient (Wildman–Crippen LogP) is 3.09. The molecule has 1 saturated heterocycles.